The fourth-order valence-corrected chi connectivity index (χ4v) is 3.09. The molecule has 0 amide bonds. The van der Waals surface area contributed by atoms with Crippen molar-refractivity contribution in [1.82, 2.24) is 10.3 Å². The Hall–Kier alpha value is -0.490. The van der Waals surface area contributed by atoms with Crippen molar-refractivity contribution in [2.45, 2.75) is 45.1 Å². The number of hydrogen-bond acceptors (Lipinski definition) is 5. The minimum absolute atomic E-state index is 0.0868. The van der Waals surface area contributed by atoms with Crippen molar-refractivity contribution in [3.05, 3.63) is 16.1 Å². The van der Waals surface area contributed by atoms with Crippen LogP contribution in [0, 0.1) is 0 Å². The Kier molecular flexibility index (Phi) is 6.58. The molecule has 1 unspecified atom stereocenters. The van der Waals surface area contributed by atoms with Gasteiger partial charge in [-0.3, -0.25) is 0 Å². The zero-order valence-corrected chi connectivity index (χ0v) is 14.4. The highest BCUT2D eigenvalue weighted by molar-refractivity contribution is 7.09. The van der Waals surface area contributed by atoms with Crippen molar-refractivity contribution in [2.24, 2.45) is 0 Å². The van der Waals surface area contributed by atoms with Gasteiger partial charge in [0.05, 0.1) is 17.8 Å². The van der Waals surface area contributed by atoms with Crippen LogP contribution in [0.15, 0.2) is 5.38 Å². The normalized spacial score (nSPS) is 15.3. The van der Waals surface area contributed by atoms with Gasteiger partial charge in [0.2, 0.25) is 0 Å². The maximum atomic E-state index is 5.24. The topological polar surface area (TPSA) is 43.4 Å². The third-order valence-electron chi connectivity index (χ3n) is 3.37. The average molecular weight is 300 g/mol. The lowest BCUT2D eigenvalue weighted by atomic mass is 9.93. The van der Waals surface area contributed by atoms with Crippen LogP contribution < -0.4 is 5.32 Å². The number of methoxy groups -OCH3 is 2. The summed E-state index contributed by atoms with van der Waals surface area (Å²) in [4.78, 5) is 4.84. The Morgan fingerprint density at radius 1 is 1.15 bits per heavy atom. The van der Waals surface area contributed by atoms with Gasteiger partial charge in [0.1, 0.15) is 5.01 Å². The Balaban J connectivity index is 2.88. The standard InChI is InChI=1S/C15H28N2O2S/c1-14(2,3)12-11-20-13(17-12)15(4,7-9-18-5)16-8-10-19-6/h11,16H,7-10H2,1-6H3. The van der Waals surface area contributed by atoms with E-state index in [-0.39, 0.29) is 11.0 Å². The van der Waals surface area contributed by atoms with E-state index in [9.17, 15) is 0 Å². The van der Waals surface area contributed by atoms with Crippen LogP contribution in [-0.4, -0.2) is 39.0 Å². The Morgan fingerprint density at radius 3 is 2.30 bits per heavy atom. The molecule has 0 radical (unpaired) electrons. The molecule has 0 fully saturated rings. The van der Waals surface area contributed by atoms with Crippen LogP contribution in [0.3, 0.4) is 0 Å². The van der Waals surface area contributed by atoms with Crippen LogP contribution in [0.4, 0.5) is 0 Å². The van der Waals surface area contributed by atoms with E-state index in [1.165, 1.54) is 0 Å². The molecule has 4 nitrogen and oxygen atoms in total. The molecule has 116 valence electrons. The van der Waals surface area contributed by atoms with Gasteiger partial charge in [0.15, 0.2) is 0 Å². The smallest absolute Gasteiger partial charge is 0.113 e. The highest BCUT2D eigenvalue weighted by Crippen LogP contribution is 2.31. The predicted octanol–water partition coefficient (Wildman–Crippen LogP) is 2.93. The van der Waals surface area contributed by atoms with Crippen molar-refractivity contribution in [2.75, 3.05) is 34.0 Å². The number of nitrogens with one attached hydrogen (secondary N) is 1. The summed E-state index contributed by atoms with van der Waals surface area (Å²) in [6.45, 7) is 11.0. The molecule has 0 aromatic carbocycles. The molecular weight excluding hydrogens is 272 g/mol. The zero-order chi connectivity index (χ0) is 15.2. The van der Waals surface area contributed by atoms with E-state index in [4.69, 9.17) is 14.5 Å². The van der Waals surface area contributed by atoms with Crippen molar-refractivity contribution in [1.29, 1.82) is 0 Å². The Morgan fingerprint density at radius 2 is 1.80 bits per heavy atom. The molecule has 0 spiro atoms. The van der Waals surface area contributed by atoms with Gasteiger partial charge < -0.3 is 14.8 Å². The molecular formula is C15H28N2O2S. The summed E-state index contributed by atoms with van der Waals surface area (Å²) in [6.07, 6.45) is 0.893. The van der Waals surface area contributed by atoms with Gasteiger partial charge in [-0.15, -0.1) is 11.3 Å². The Labute approximate surface area is 126 Å². The van der Waals surface area contributed by atoms with Gasteiger partial charge in [0, 0.05) is 38.2 Å². The molecule has 1 heterocycles. The van der Waals surface area contributed by atoms with E-state index in [0.29, 0.717) is 13.2 Å². The van der Waals surface area contributed by atoms with Gasteiger partial charge >= 0.3 is 0 Å². The SMILES string of the molecule is COCCNC(C)(CCOC)c1nc(C(C)(C)C)cs1. The summed E-state index contributed by atoms with van der Waals surface area (Å²) in [5.41, 5.74) is 1.07. The highest BCUT2D eigenvalue weighted by Gasteiger charge is 2.30. The lowest BCUT2D eigenvalue weighted by Crippen LogP contribution is -2.42. The van der Waals surface area contributed by atoms with Crippen LogP contribution >= 0.6 is 11.3 Å². The molecule has 5 heteroatoms. The summed E-state index contributed by atoms with van der Waals surface area (Å²) in [5.74, 6) is 0. The van der Waals surface area contributed by atoms with Crippen LogP contribution in [0.2, 0.25) is 0 Å². The number of thiazole rings is 1. The van der Waals surface area contributed by atoms with Crippen molar-refractivity contribution < 1.29 is 9.47 Å². The highest BCUT2D eigenvalue weighted by atomic mass is 32.1. The second-order valence-electron chi connectivity index (χ2n) is 6.28. The van der Waals surface area contributed by atoms with Crippen molar-refractivity contribution >= 4 is 11.3 Å². The zero-order valence-electron chi connectivity index (χ0n) is 13.6. The van der Waals surface area contributed by atoms with Crippen LogP contribution in [-0.2, 0) is 20.4 Å². The molecule has 1 rings (SSSR count). The maximum absolute atomic E-state index is 5.24. The van der Waals surface area contributed by atoms with E-state index in [0.717, 1.165) is 23.7 Å². The molecule has 1 atom stereocenters. The van der Waals surface area contributed by atoms with Crippen molar-refractivity contribution in [3.63, 3.8) is 0 Å². The maximum Gasteiger partial charge on any atom is 0.113 e. The predicted molar refractivity (Wildman–Crippen MR) is 84.5 cm³/mol. The molecule has 0 saturated carbocycles. The van der Waals surface area contributed by atoms with E-state index < -0.39 is 0 Å². The molecule has 0 saturated heterocycles. The van der Waals surface area contributed by atoms with Gasteiger partial charge in [-0.1, -0.05) is 20.8 Å². The number of hydrogen-bond donors (Lipinski definition) is 1. The quantitative estimate of drug-likeness (QED) is 0.750. The molecule has 20 heavy (non-hydrogen) atoms. The van der Waals surface area contributed by atoms with Crippen molar-refractivity contribution in [3.8, 4) is 0 Å². The second kappa shape index (κ2) is 7.50. The molecule has 0 bridgehead atoms. The molecule has 0 aliphatic carbocycles. The van der Waals surface area contributed by atoms with Gasteiger partial charge in [-0.2, -0.15) is 0 Å². The van der Waals surface area contributed by atoms with Crippen LogP contribution in [0.1, 0.15) is 44.8 Å². The monoisotopic (exact) mass is 300 g/mol. The third-order valence-corrected chi connectivity index (χ3v) is 4.48. The lowest BCUT2D eigenvalue weighted by molar-refractivity contribution is 0.146. The molecule has 0 aliphatic rings. The van der Waals surface area contributed by atoms with E-state index in [1.54, 1.807) is 25.6 Å². The molecule has 1 aromatic rings. The van der Waals surface area contributed by atoms with Crippen LogP contribution in [0.5, 0.6) is 0 Å². The molecule has 0 aliphatic heterocycles. The average Bonchev–Trinajstić information content (AvgIpc) is 2.87. The van der Waals surface area contributed by atoms with Gasteiger partial charge in [-0.05, 0) is 13.3 Å². The number of aromatic nitrogens is 1. The summed E-state index contributed by atoms with van der Waals surface area (Å²) in [6, 6.07) is 0. The summed E-state index contributed by atoms with van der Waals surface area (Å²) < 4.78 is 10.4. The molecule has 1 aromatic heterocycles. The first kappa shape index (κ1) is 17.6. The first-order valence-electron chi connectivity index (χ1n) is 7.03. The summed E-state index contributed by atoms with van der Waals surface area (Å²) >= 11 is 1.72. The fourth-order valence-electron chi connectivity index (χ4n) is 1.88. The first-order valence-corrected chi connectivity index (χ1v) is 7.91. The van der Waals surface area contributed by atoms with Gasteiger partial charge in [-0.25, -0.2) is 4.98 Å². The van der Waals surface area contributed by atoms with E-state index in [2.05, 4.69) is 38.4 Å². The van der Waals surface area contributed by atoms with Crippen LogP contribution in [0.25, 0.3) is 0 Å². The van der Waals surface area contributed by atoms with E-state index >= 15 is 0 Å². The third kappa shape index (κ3) is 4.81. The summed E-state index contributed by atoms with van der Waals surface area (Å²) in [7, 11) is 3.45. The second-order valence-corrected chi connectivity index (χ2v) is 7.14. The number of rotatable bonds is 8. The number of nitrogens with zero attached hydrogens (tertiary/aromatic N) is 1. The summed E-state index contributed by atoms with van der Waals surface area (Å²) in [5, 5.41) is 6.84. The Bertz CT molecular complexity index is 401. The minimum atomic E-state index is -0.164. The van der Waals surface area contributed by atoms with E-state index in [1.807, 2.05) is 0 Å². The lowest BCUT2D eigenvalue weighted by Gasteiger charge is -2.29. The minimum Gasteiger partial charge on any atom is -0.385 e. The fraction of sp³-hybridized carbons (Fsp3) is 0.800. The first-order chi connectivity index (χ1) is 9.33. The van der Waals surface area contributed by atoms with Gasteiger partial charge in [0.25, 0.3) is 0 Å². The number of ether oxygens (including phenoxy) is 2. The largest absolute Gasteiger partial charge is 0.385 e. The molecule has 1 N–H and O–H groups in total.